The van der Waals surface area contributed by atoms with Gasteiger partial charge in [-0.2, -0.15) is 39.5 Å². The van der Waals surface area contributed by atoms with E-state index in [2.05, 4.69) is 4.74 Å². The molecule has 0 unspecified atom stereocenters. The molecule has 3 aliphatic heterocycles. The second-order valence-corrected chi connectivity index (χ2v) is 12.5. The molecular formula is C29H37F9N4O4. The second-order valence-electron chi connectivity index (χ2n) is 12.5. The molecule has 3 saturated heterocycles. The molecule has 17 heteroatoms. The largest absolute Gasteiger partial charge is 0.480 e. The maximum Gasteiger partial charge on any atom is 0.434 e. The number of hydrogen-bond donors (Lipinski definition) is 1. The summed E-state index contributed by atoms with van der Waals surface area (Å²) < 4.78 is 122. The zero-order valence-electron chi connectivity index (χ0n) is 25.3. The van der Waals surface area contributed by atoms with Gasteiger partial charge in [0.2, 0.25) is 0 Å². The Bertz CT molecular complexity index is 1230. The maximum absolute atomic E-state index is 13.7. The van der Waals surface area contributed by atoms with Gasteiger partial charge in [-0.3, -0.25) is 14.6 Å². The normalized spacial score (nSPS) is 22.2. The molecule has 1 aromatic carbocycles. The molecule has 0 aromatic heterocycles. The Morgan fingerprint density at radius 2 is 1.54 bits per heavy atom. The molecule has 0 saturated carbocycles. The minimum atomic E-state index is -5.83. The third-order valence-electron chi connectivity index (χ3n) is 9.51. The Morgan fingerprint density at radius 3 is 2.07 bits per heavy atom. The van der Waals surface area contributed by atoms with Crippen molar-refractivity contribution < 1.29 is 58.9 Å². The van der Waals surface area contributed by atoms with Crippen LogP contribution in [-0.2, 0) is 22.3 Å². The molecule has 260 valence electrons. The van der Waals surface area contributed by atoms with Gasteiger partial charge in [0.15, 0.2) is 0 Å². The van der Waals surface area contributed by atoms with Gasteiger partial charge in [-0.25, -0.2) is 4.79 Å². The van der Waals surface area contributed by atoms with Crippen molar-refractivity contribution in [3.8, 4) is 0 Å². The molecule has 0 spiro atoms. The highest BCUT2D eigenvalue weighted by molar-refractivity contribution is 5.74. The summed E-state index contributed by atoms with van der Waals surface area (Å²) in [6.45, 7) is 3.07. The average Bonchev–Trinajstić information content (AvgIpc) is 3.45. The smallest absolute Gasteiger partial charge is 0.434 e. The Morgan fingerprint density at radius 1 is 0.957 bits per heavy atom. The van der Waals surface area contributed by atoms with E-state index in [9.17, 15) is 54.2 Å². The molecule has 46 heavy (non-hydrogen) atoms. The van der Waals surface area contributed by atoms with Gasteiger partial charge in [0, 0.05) is 50.0 Å². The number of halogens is 9. The number of ether oxygens (including phenoxy) is 1. The van der Waals surface area contributed by atoms with Crippen LogP contribution in [0.15, 0.2) is 18.2 Å². The number of carboxylic acids is 1. The van der Waals surface area contributed by atoms with Gasteiger partial charge < -0.3 is 19.6 Å². The quantitative estimate of drug-likeness (QED) is 0.348. The highest BCUT2D eigenvalue weighted by atomic mass is 19.4. The fourth-order valence-electron chi connectivity index (χ4n) is 6.59. The maximum atomic E-state index is 13.7. The number of hydrogen-bond acceptors (Lipinski definition) is 6. The van der Waals surface area contributed by atoms with Crippen LogP contribution < -0.4 is 4.90 Å². The van der Waals surface area contributed by atoms with Gasteiger partial charge in [0.05, 0.1) is 5.56 Å². The standard InChI is InChI=1S/C29H37F9N4O4/c1-26(9-14-41(15-10-26)25(45)46-24(28(33,34)35)29(36,37)38)39(2)17-18-5-6-19(27(30,31)32)16-22(18)40-12-7-20(8-13-40)42-11-3-4-21(42)23(43)44/h5-6,16,20-21,24H,3-4,7-15,17H2,1-2H3,(H,43,44)/t21-/m0/s1. The topological polar surface area (TPSA) is 76.6 Å². The molecule has 1 atom stereocenters. The van der Waals surface area contributed by atoms with Crippen LogP contribution in [0.4, 0.5) is 50.0 Å². The van der Waals surface area contributed by atoms with E-state index in [0.29, 0.717) is 50.1 Å². The van der Waals surface area contributed by atoms with Gasteiger partial charge in [-0.1, -0.05) is 6.07 Å². The van der Waals surface area contributed by atoms with Gasteiger partial charge in [-0.05, 0) is 76.7 Å². The first kappa shape index (κ1) is 35.9. The van der Waals surface area contributed by atoms with Crippen molar-refractivity contribution in [3.63, 3.8) is 0 Å². The average molecular weight is 677 g/mol. The number of nitrogens with zero attached hydrogens (tertiary/aromatic N) is 4. The van der Waals surface area contributed by atoms with Crippen molar-refractivity contribution in [1.82, 2.24) is 14.7 Å². The summed E-state index contributed by atoms with van der Waals surface area (Å²) >= 11 is 0. The summed E-state index contributed by atoms with van der Waals surface area (Å²) in [5, 5.41) is 9.56. The van der Waals surface area contributed by atoms with Crippen molar-refractivity contribution >= 4 is 17.7 Å². The second kappa shape index (κ2) is 13.3. The molecule has 3 aliphatic rings. The van der Waals surface area contributed by atoms with Crippen LogP contribution in [0.25, 0.3) is 0 Å². The first-order chi connectivity index (χ1) is 21.2. The molecule has 0 aliphatic carbocycles. The Balaban J connectivity index is 1.44. The molecular weight excluding hydrogens is 639 g/mol. The van der Waals surface area contributed by atoms with E-state index in [-0.39, 0.29) is 38.5 Å². The lowest BCUT2D eigenvalue weighted by Crippen LogP contribution is -2.54. The van der Waals surface area contributed by atoms with Crippen molar-refractivity contribution in [2.75, 3.05) is 44.7 Å². The third kappa shape index (κ3) is 8.12. The number of carbonyl (C=O) groups excluding carboxylic acids is 1. The van der Waals surface area contributed by atoms with Crippen LogP contribution in [0, 0.1) is 0 Å². The van der Waals surface area contributed by atoms with Gasteiger partial charge >= 0.3 is 30.6 Å². The van der Waals surface area contributed by atoms with Crippen LogP contribution in [0.1, 0.15) is 56.6 Å². The minimum absolute atomic E-state index is 0.00454. The monoisotopic (exact) mass is 676 g/mol. The summed E-state index contributed by atoms with van der Waals surface area (Å²) in [5.74, 6) is -0.883. The summed E-state index contributed by atoms with van der Waals surface area (Å²) in [6, 6.07) is 2.90. The zero-order chi connectivity index (χ0) is 34.2. The Hall–Kier alpha value is -2.95. The van der Waals surface area contributed by atoms with Crippen LogP contribution in [-0.4, -0.2) is 108 Å². The molecule has 3 heterocycles. The first-order valence-corrected chi connectivity index (χ1v) is 14.9. The molecule has 0 bridgehead atoms. The number of carboxylic acid groups (broad SMARTS) is 1. The summed E-state index contributed by atoms with van der Waals surface area (Å²) in [5.41, 5.74) is -0.555. The molecule has 1 aromatic rings. The van der Waals surface area contributed by atoms with Crippen LogP contribution >= 0.6 is 0 Å². The van der Waals surface area contributed by atoms with Crippen molar-refractivity contribution in [1.29, 1.82) is 0 Å². The lowest BCUT2D eigenvalue weighted by molar-refractivity contribution is -0.308. The number of benzene rings is 1. The van der Waals surface area contributed by atoms with Crippen LogP contribution in [0.5, 0.6) is 0 Å². The van der Waals surface area contributed by atoms with E-state index in [4.69, 9.17) is 0 Å². The summed E-state index contributed by atoms with van der Waals surface area (Å²) in [4.78, 5) is 30.4. The molecule has 0 radical (unpaired) electrons. The Kier molecular flexibility index (Phi) is 10.4. The zero-order valence-corrected chi connectivity index (χ0v) is 25.3. The van der Waals surface area contributed by atoms with Gasteiger partial charge in [0.1, 0.15) is 6.04 Å². The minimum Gasteiger partial charge on any atom is -0.480 e. The number of carbonyl (C=O) groups is 2. The van der Waals surface area contributed by atoms with Crippen molar-refractivity contribution in [2.45, 2.75) is 94.2 Å². The summed E-state index contributed by atoms with van der Waals surface area (Å²) in [6.07, 6.45) is -19.5. The number of rotatable bonds is 7. The molecule has 3 fully saturated rings. The lowest BCUT2D eigenvalue weighted by atomic mass is 9.87. The van der Waals surface area contributed by atoms with E-state index < -0.39 is 53.8 Å². The third-order valence-corrected chi connectivity index (χ3v) is 9.51. The number of anilines is 1. The predicted octanol–water partition coefficient (Wildman–Crippen LogP) is 6.14. The van der Waals surface area contributed by atoms with Crippen LogP contribution in [0.3, 0.4) is 0 Å². The number of likely N-dealkylation sites (tertiary alicyclic amines) is 2. The lowest BCUT2D eigenvalue weighted by Gasteiger charge is -2.45. The highest BCUT2D eigenvalue weighted by Crippen LogP contribution is 2.39. The highest BCUT2D eigenvalue weighted by Gasteiger charge is 2.60. The predicted molar refractivity (Wildman–Crippen MR) is 147 cm³/mol. The summed E-state index contributed by atoms with van der Waals surface area (Å²) in [7, 11) is 1.71. The van der Waals surface area contributed by atoms with E-state index >= 15 is 0 Å². The fraction of sp³-hybridized carbons (Fsp3) is 0.724. The molecule has 1 N–H and O–H groups in total. The van der Waals surface area contributed by atoms with E-state index in [1.165, 1.54) is 6.07 Å². The number of alkyl halides is 9. The van der Waals surface area contributed by atoms with Crippen molar-refractivity contribution in [3.05, 3.63) is 29.3 Å². The number of aliphatic carboxylic acids is 1. The molecule has 1 amide bonds. The fourth-order valence-corrected chi connectivity index (χ4v) is 6.59. The van der Waals surface area contributed by atoms with E-state index in [1.54, 1.807) is 14.0 Å². The Labute approximate surface area is 260 Å². The van der Waals surface area contributed by atoms with Crippen LogP contribution in [0.2, 0.25) is 0 Å². The number of amides is 1. The first-order valence-electron chi connectivity index (χ1n) is 14.9. The van der Waals surface area contributed by atoms with Gasteiger partial charge in [-0.15, -0.1) is 0 Å². The van der Waals surface area contributed by atoms with E-state index in [0.717, 1.165) is 23.5 Å². The van der Waals surface area contributed by atoms with Gasteiger partial charge in [0.25, 0.3) is 6.10 Å². The number of piperidine rings is 2. The molecule has 8 nitrogen and oxygen atoms in total. The van der Waals surface area contributed by atoms with Crippen molar-refractivity contribution in [2.24, 2.45) is 0 Å². The molecule has 4 rings (SSSR count). The van der Waals surface area contributed by atoms with E-state index in [1.807, 2.05) is 14.7 Å². The SMILES string of the molecule is CN(Cc1ccc(C(F)(F)F)cc1N1CCC(N2CCC[C@H]2C(=O)O)CC1)C1(C)CCN(C(=O)OC(C(F)(F)F)C(F)(F)F)CC1.